The van der Waals surface area contributed by atoms with E-state index in [1.54, 1.807) is 0 Å². The summed E-state index contributed by atoms with van der Waals surface area (Å²) < 4.78 is 162. The zero-order valence-corrected chi connectivity index (χ0v) is 17.5. The highest BCUT2D eigenvalue weighted by Crippen LogP contribution is 2.46. The smallest absolute Gasteiger partial charge is 0.242 e. The lowest BCUT2D eigenvalue weighted by molar-refractivity contribution is -0.164. The molecule has 0 N–H and O–H groups in total. The predicted molar refractivity (Wildman–Crippen MR) is 102 cm³/mol. The van der Waals surface area contributed by atoms with E-state index < -0.39 is 91.2 Å². The molecule has 196 valence electrons. The van der Waals surface area contributed by atoms with E-state index in [2.05, 4.69) is 15.0 Å². The van der Waals surface area contributed by atoms with Crippen molar-refractivity contribution in [2.75, 3.05) is 0 Å². The van der Waals surface area contributed by atoms with E-state index in [0.29, 0.717) is 6.07 Å². The largest absolute Gasteiger partial charge is 0.433 e. The van der Waals surface area contributed by atoms with Crippen LogP contribution >= 0.6 is 0 Å². The van der Waals surface area contributed by atoms with Crippen LogP contribution in [0.5, 0.6) is 0 Å². The number of hydrogen-bond acceptors (Lipinski definition) is 5. The highest BCUT2D eigenvalue weighted by atomic mass is 19.4. The molecule has 17 heteroatoms. The minimum atomic E-state index is -5.80. The van der Waals surface area contributed by atoms with Gasteiger partial charge in [-0.25, -0.2) is 15.0 Å². The maximum absolute atomic E-state index is 13.5. The molecule has 0 atom stereocenters. The zero-order chi connectivity index (χ0) is 28.6. The fraction of sp³-hybridized carbons (Fsp3) is 0.190. The summed E-state index contributed by atoms with van der Waals surface area (Å²) in [7, 11) is 0. The number of alkyl halides is 12. The van der Waals surface area contributed by atoms with Gasteiger partial charge in [-0.1, -0.05) is 0 Å². The second kappa shape index (κ2) is 8.04. The molecule has 0 saturated carbocycles. The van der Waals surface area contributed by atoms with Gasteiger partial charge in [-0.15, -0.1) is 0 Å². The Bertz CT molecular complexity index is 1600. The second-order valence-electron chi connectivity index (χ2n) is 7.56. The lowest BCUT2D eigenvalue weighted by atomic mass is 9.97. The number of nitrogens with zero attached hydrogens (tertiary/aromatic N) is 5. The number of halogens is 12. The van der Waals surface area contributed by atoms with E-state index in [1.807, 2.05) is 0 Å². The van der Waals surface area contributed by atoms with Crippen molar-refractivity contribution in [1.29, 1.82) is 10.5 Å². The molecule has 0 amide bonds. The van der Waals surface area contributed by atoms with Gasteiger partial charge in [-0.3, -0.25) is 0 Å². The van der Waals surface area contributed by atoms with Crippen molar-refractivity contribution in [2.45, 2.75) is 24.7 Å². The predicted octanol–water partition coefficient (Wildman–Crippen LogP) is 7.15. The Balaban J connectivity index is 2.42. The number of fused-ring (bicyclic) bond motifs is 6. The molecule has 5 nitrogen and oxygen atoms in total. The topological polar surface area (TPSA) is 86.2 Å². The number of hydrogen-bond donors (Lipinski definition) is 0. The third kappa shape index (κ3) is 4.23. The van der Waals surface area contributed by atoms with E-state index in [4.69, 9.17) is 0 Å². The first-order valence-corrected chi connectivity index (χ1v) is 9.54. The normalized spacial score (nSPS) is 13.2. The van der Waals surface area contributed by atoms with Gasteiger partial charge in [0.15, 0.2) is 17.1 Å². The summed E-state index contributed by atoms with van der Waals surface area (Å²) in [5, 5.41) is 15.6. The summed E-state index contributed by atoms with van der Waals surface area (Å²) in [6.45, 7) is 0. The van der Waals surface area contributed by atoms with E-state index in [9.17, 15) is 63.2 Å². The molecule has 0 spiro atoms. The summed E-state index contributed by atoms with van der Waals surface area (Å²) >= 11 is 0. The molecule has 4 aromatic rings. The van der Waals surface area contributed by atoms with Crippen molar-refractivity contribution in [2.24, 2.45) is 0 Å². The highest BCUT2D eigenvalue weighted by Gasteiger charge is 2.47. The molecule has 0 bridgehead atoms. The van der Waals surface area contributed by atoms with Gasteiger partial charge in [0, 0.05) is 16.2 Å². The molecular formula is C21H3F12N5. The monoisotopic (exact) mass is 553 g/mol. The lowest BCUT2D eigenvalue weighted by Gasteiger charge is -2.19. The maximum Gasteiger partial charge on any atom is 0.433 e. The average Bonchev–Trinajstić information content (AvgIpc) is 2.79. The van der Waals surface area contributed by atoms with Crippen LogP contribution in [0.3, 0.4) is 0 Å². The van der Waals surface area contributed by atoms with Crippen LogP contribution in [0, 0.1) is 22.7 Å². The molecule has 4 rings (SSSR count). The number of benzene rings is 1. The van der Waals surface area contributed by atoms with Crippen LogP contribution in [0.25, 0.3) is 32.7 Å². The van der Waals surface area contributed by atoms with Crippen molar-refractivity contribution in [1.82, 2.24) is 15.0 Å². The fourth-order valence-electron chi connectivity index (χ4n) is 3.73. The first kappa shape index (κ1) is 26.6. The summed E-state index contributed by atoms with van der Waals surface area (Å²) in [6, 6.07) is 3.08. The summed E-state index contributed by atoms with van der Waals surface area (Å²) in [4.78, 5) is 9.45. The Morgan fingerprint density at radius 2 is 0.868 bits per heavy atom. The summed E-state index contributed by atoms with van der Waals surface area (Å²) in [5.41, 5.74) is -14.5. The van der Waals surface area contributed by atoms with E-state index in [-0.39, 0.29) is 12.1 Å². The van der Waals surface area contributed by atoms with Crippen LogP contribution in [-0.2, 0) is 24.7 Å². The third-order valence-electron chi connectivity index (χ3n) is 5.21. The van der Waals surface area contributed by atoms with Crippen LogP contribution in [0.15, 0.2) is 18.2 Å². The lowest BCUT2D eigenvalue weighted by Crippen LogP contribution is -2.20. The molecule has 3 heterocycles. The molecule has 0 aliphatic rings. The molecule has 0 unspecified atom stereocenters. The maximum atomic E-state index is 13.5. The van der Waals surface area contributed by atoms with Crippen molar-refractivity contribution < 1.29 is 52.7 Å². The van der Waals surface area contributed by atoms with Crippen molar-refractivity contribution in [3.8, 4) is 12.1 Å². The minimum absolute atomic E-state index is 0.141. The molecule has 3 aromatic heterocycles. The van der Waals surface area contributed by atoms with Crippen LogP contribution in [-0.4, -0.2) is 15.0 Å². The Morgan fingerprint density at radius 3 is 1.18 bits per heavy atom. The number of rotatable bonds is 0. The van der Waals surface area contributed by atoms with Crippen molar-refractivity contribution in [3.05, 3.63) is 52.0 Å². The van der Waals surface area contributed by atoms with Crippen LogP contribution in [0.2, 0.25) is 0 Å². The quantitative estimate of drug-likeness (QED) is 0.171. The molecule has 0 aliphatic carbocycles. The summed E-state index contributed by atoms with van der Waals surface area (Å²) in [5.74, 6) is 0. The van der Waals surface area contributed by atoms with Crippen molar-refractivity contribution in [3.63, 3.8) is 0 Å². The van der Waals surface area contributed by atoms with E-state index in [1.165, 1.54) is 12.1 Å². The second-order valence-corrected chi connectivity index (χ2v) is 7.56. The van der Waals surface area contributed by atoms with Gasteiger partial charge < -0.3 is 0 Å². The van der Waals surface area contributed by atoms with Crippen LogP contribution in [0.4, 0.5) is 52.7 Å². The molecule has 0 fully saturated rings. The van der Waals surface area contributed by atoms with Gasteiger partial charge in [0.05, 0.1) is 33.2 Å². The standard InChI is InChI=1S/C21H3F12N5/c22-18(23,24)10-2-8-13-7(1-6(4-34)12(5-35)36-13)14-9(15(8)38-17(10)21(31,32)33)3-11(19(25,26)27)16(37-14)20(28,29)30/h1-3H. The SMILES string of the molecule is N#Cc1cc2c(nc1C#N)c1cc(C(F)(F)F)c(C(F)(F)F)nc1c1cc(C(F)(F)F)c(C(F)(F)F)nc21. The summed E-state index contributed by atoms with van der Waals surface area (Å²) in [6.07, 6.45) is -23.0. The van der Waals surface area contributed by atoms with Gasteiger partial charge in [0.1, 0.15) is 12.1 Å². The molecule has 0 radical (unpaired) electrons. The van der Waals surface area contributed by atoms with Gasteiger partial charge in [-0.05, 0) is 18.2 Å². The number of aromatic nitrogens is 3. The Morgan fingerprint density at radius 1 is 0.500 bits per heavy atom. The van der Waals surface area contributed by atoms with Crippen LogP contribution < -0.4 is 0 Å². The minimum Gasteiger partial charge on any atom is -0.242 e. The van der Waals surface area contributed by atoms with E-state index >= 15 is 0 Å². The number of pyridine rings is 3. The molecule has 0 aliphatic heterocycles. The zero-order valence-electron chi connectivity index (χ0n) is 17.5. The Kier molecular flexibility index (Phi) is 5.64. The van der Waals surface area contributed by atoms with Gasteiger partial charge >= 0.3 is 24.7 Å². The average molecular weight is 553 g/mol. The Labute approximate surface area is 200 Å². The molecule has 1 aromatic carbocycles. The number of nitriles is 2. The fourth-order valence-corrected chi connectivity index (χ4v) is 3.73. The highest BCUT2D eigenvalue weighted by molar-refractivity contribution is 6.22. The van der Waals surface area contributed by atoms with Gasteiger partial charge in [0.25, 0.3) is 0 Å². The van der Waals surface area contributed by atoms with E-state index in [0.717, 1.165) is 0 Å². The first-order valence-electron chi connectivity index (χ1n) is 9.54. The molecular weight excluding hydrogens is 550 g/mol. The molecule has 38 heavy (non-hydrogen) atoms. The molecule has 0 saturated heterocycles. The third-order valence-corrected chi connectivity index (χ3v) is 5.21. The first-order chi connectivity index (χ1) is 17.3. The van der Waals surface area contributed by atoms with Gasteiger partial charge in [0.2, 0.25) is 0 Å². The Hall–Kier alpha value is -4.41. The van der Waals surface area contributed by atoms with Crippen molar-refractivity contribution >= 4 is 32.7 Å². The van der Waals surface area contributed by atoms with Crippen LogP contribution in [0.1, 0.15) is 33.8 Å². The van der Waals surface area contributed by atoms with Gasteiger partial charge in [-0.2, -0.15) is 63.2 Å².